The minimum atomic E-state index is -2.14. The molecule has 7 heteroatoms. The second-order valence-electron chi connectivity index (χ2n) is 3.41. The first-order chi connectivity index (χ1) is 7.91. The maximum Gasteiger partial charge on any atom is 0.178 e. The molecule has 0 fully saturated rings. The first-order valence-electron chi connectivity index (χ1n) is 4.80. The third-order valence-electron chi connectivity index (χ3n) is 2.23. The smallest absolute Gasteiger partial charge is 0.178 e. The van der Waals surface area contributed by atoms with Gasteiger partial charge in [0.15, 0.2) is 23.3 Å². The molecule has 1 rings (SSSR count). The van der Waals surface area contributed by atoms with Crippen LogP contribution in [0.2, 0.25) is 0 Å². The lowest BCUT2D eigenvalue weighted by Crippen LogP contribution is -2.11. The Morgan fingerprint density at radius 3 is 1.88 bits per heavy atom. The van der Waals surface area contributed by atoms with Gasteiger partial charge in [0, 0.05) is 11.8 Å². The molecule has 0 saturated heterocycles. The molecule has 0 saturated carbocycles. The van der Waals surface area contributed by atoms with Gasteiger partial charge in [-0.2, -0.15) is 0 Å². The van der Waals surface area contributed by atoms with Gasteiger partial charge < -0.3 is 5.73 Å². The van der Waals surface area contributed by atoms with Crippen LogP contribution in [0, 0.1) is 23.3 Å². The summed E-state index contributed by atoms with van der Waals surface area (Å²) in [4.78, 5) is -1.07. The van der Waals surface area contributed by atoms with Crippen molar-refractivity contribution in [3.05, 3.63) is 28.8 Å². The van der Waals surface area contributed by atoms with Crippen molar-refractivity contribution in [3.8, 4) is 0 Å². The molecule has 0 amide bonds. The minimum absolute atomic E-state index is 0.142. The van der Waals surface area contributed by atoms with Gasteiger partial charge in [-0.15, -0.1) is 0 Å². The van der Waals surface area contributed by atoms with Gasteiger partial charge in [0.1, 0.15) is 4.90 Å². The van der Waals surface area contributed by atoms with E-state index >= 15 is 0 Å². The molecule has 1 unspecified atom stereocenters. The molecule has 0 heterocycles. The van der Waals surface area contributed by atoms with Gasteiger partial charge in [-0.1, -0.05) is 0 Å². The van der Waals surface area contributed by atoms with E-state index in [-0.39, 0.29) is 19.4 Å². The lowest BCUT2D eigenvalue weighted by Gasteiger charge is -2.09. The highest BCUT2D eigenvalue weighted by molar-refractivity contribution is 7.84. The summed E-state index contributed by atoms with van der Waals surface area (Å²) in [5.74, 6) is -6.20. The van der Waals surface area contributed by atoms with Crippen LogP contribution < -0.4 is 5.73 Å². The molecule has 1 aromatic carbocycles. The molecule has 0 aliphatic carbocycles. The van der Waals surface area contributed by atoms with E-state index in [1.807, 2.05) is 0 Å². The highest BCUT2D eigenvalue weighted by Crippen LogP contribution is 2.26. The highest BCUT2D eigenvalue weighted by atomic mass is 32.2. The zero-order valence-corrected chi connectivity index (χ0v) is 9.84. The van der Waals surface area contributed by atoms with Crippen LogP contribution >= 0.6 is 0 Å². The molecule has 0 radical (unpaired) electrons. The Kier molecular flexibility index (Phi) is 4.64. The van der Waals surface area contributed by atoms with Crippen molar-refractivity contribution in [1.29, 1.82) is 0 Å². The summed E-state index contributed by atoms with van der Waals surface area (Å²) >= 11 is 0. The summed E-state index contributed by atoms with van der Waals surface area (Å²) < 4.78 is 64.6. The SMILES string of the molecule is CS(=O)c1c(F)c(F)c(CCCN)c(F)c1F. The second kappa shape index (κ2) is 5.59. The van der Waals surface area contributed by atoms with Crippen molar-refractivity contribution < 1.29 is 21.8 Å². The van der Waals surface area contributed by atoms with Crippen LogP contribution in [0.25, 0.3) is 0 Å². The average Bonchev–Trinajstić information content (AvgIpc) is 2.26. The number of hydrogen-bond donors (Lipinski definition) is 1. The molecule has 96 valence electrons. The predicted molar refractivity (Wildman–Crippen MR) is 56.0 cm³/mol. The van der Waals surface area contributed by atoms with E-state index in [1.54, 1.807) is 0 Å². The zero-order chi connectivity index (χ0) is 13.2. The molecule has 0 aliphatic rings. The van der Waals surface area contributed by atoms with Crippen molar-refractivity contribution in [2.75, 3.05) is 12.8 Å². The van der Waals surface area contributed by atoms with Gasteiger partial charge in [0.2, 0.25) is 0 Å². The Morgan fingerprint density at radius 2 is 1.53 bits per heavy atom. The molecule has 0 aromatic heterocycles. The fourth-order valence-corrected chi connectivity index (χ4v) is 2.09. The normalized spacial score (nSPS) is 12.8. The van der Waals surface area contributed by atoms with E-state index in [0.29, 0.717) is 0 Å². The van der Waals surface area contributed by atoms with E-state index in [0.717, 1.165) is 6.26 Å². The molecule has 0 aliphatic heterocycles. The lowest BCUT2D eigenvalue weighted by atomic mass is 10.1. The van der Waals surface area contributed by atoms with Gasteiger partial charge in [-0.05, 0) is 19.4 Å². The molecule has 0 spiro atoms. The standard InChI is InChI=1S/C10H11F4NOS/c1-17(16)10-8(13)6(11)5(3-2-4-15)7(12)9(10)14/h2-4,15H2,1H3. The maximum atomic E-state index is 13.4. The molecule has 2 N–H and O–H groups in total. The van der Waals surface area contributed by atoms with Crippen molar-refractivity contribution in [3.63, 3.8) is 0 Å². The van der Waals surface area contributed by atoms with Crippen LogP contribution in [-0.4, -0.2) is 17.0 Å². The number of nitrogens with two attached hydrogens (primary N) is 1. The van der Waals surface area contributed by atoms with Crippen LogP contribution in [0.3, 0.4) is 0 Å². The molecule has 2 nitrogen and oxygen atoms in total. The fourth-order valence-electron chi connectivity index (χ4n) is 1.41. The lowest BCUT2D eigenvalue weighted by molar-refractivity contribution is 0.410. The minimum Gasteiger partial charge on any atom is -0.330 e. The van der Waals surface area contributed by atoms with Crippen LogP contribution in [-0.2, 0) is 17.2 Å². The van der Waals surface area contributed by atoms with Gasteiger partial charge in [0.05, 0.1) is 10.8 Å². The summed E-state index contributed by atoms with van der Waals surface area (Å²) in [6.45, 7) is 0.142. The van der Waals surface area contributed by atoms with E-state index in [4.69, 9.17) is 5.73 Å². The van der Waals surface area contributed by atoms with Crippen molar-refractivity contribution in [2.45, 2.75) is 17.7 Å². The Bertz CT molecular complexity index is 435. The molecule has 1 aromatic rings. The summed E-state index contributed by atoms with van der Waals surface area (Å²) in [5, 5.41) is 0. The molecule has 1 atom stereocenters. The van der Waals surface area contributed by atoms with Gasteiger partial charge >= 0.3 is 0 Å². The predicted octanol–water partition coefficient (Wildman–Crippen LogP) is 1.87. The zero-order valence-electron chi connectivity index (χ0n) is 9.03. The average molecular weight is 269 g/mol. The van der Waals surface area contributed by atoms with E-state index in [1.165, 1.54) is 0 Å². The van der Waals surface area contributed by atoms with E-state index < -0.39 is 44.5 Å². The van der Waals surface area contributed by atoms with Gasteiger partial charge in [0.25, 0.3) is 0 Å². The topological polar surface area (TPSA) is 43.1 Å². The summed E-state index contributed by atoms with van der Waals surface area (Å²) in [6.07, 6.45) is 0.930. The largest absolute Gasteiger partial charge is 0.330 e. The Balaban J connectivity index is 3.41. The Labute approximate surface area is 98.3 Å². The fraction of sp³-hybridized carbons (Fsp3) is 0.400. The summed E-state index contributed by atoms with van der Waals surface area (Å²) in [5.41, 5.74) is 4.45. The first kappa shape index (κ1) is 14.1. The van der Waals surface area contributed by atoms with Crippen LogP contribution in [0.5, 0.6) is 0 Å². The quantitative estimate of drug-likeness (QED) is 0.670. The highest BCUT2D eigenvalue weighted by Gasteiger charge is 2.26. The second-order valence-corrected chi connectivity index (χ2v) is 4.73. The van der Waals surface area contributed by atoms with E-state index in [9.17, 15) is 21.8 Å². The molecular formula is C10H11F4NOS. The Morgan fingerprint density at radius 1 is 1.06 bits per heavy atom. The Hall–Kier alpha value is -0.950. The van der Waals surface area contributed by atoms with Crippen molar-refractivity contribution in [1.82, 2.24) is 0 Å². The number of halogens is 4. The van der Waals surface area contributed by atoms with Gasteiger partial charge in [-0.25, -0.2) is 17.6 Å². The van der Waals surface area contributed by atoms with Crippen molar-refractivity contribution >= 4 is 10.8 Å². The van der Waals surface area contributed by atoms with Crippen LogP contribution in [0.1, 0.15) is 12.0 Å². The van der Waals surface area contributed by atoms with Crippen molar-refractivity contribution in [2.24, 2.45) is 5.73 Å². The number of benzene rings is 1. The third kappa shape index (κ3) is 2.66. The molecule has 0 bridgehead atoms. The molecular weight excluding hydrogens is 258 g/mol. The molecule has 17 heavy (non-hydrogen) atoms. The summed E-state index contributed by atoms with van der Waals surface area (Å²) in [6, 6.07) is 0. The van der Waals surface area contributed by atoms with E-state index in [2.05, 4.69) is 0 Å². The monoisotopic (exact) mass is 269 g/mol. The maximum absolute atomic E-state index is 13.4. The first-order valence-corrected chi connectivity index (χ1v) is 6.35. The number of rotatable bonds is 4. The van der Waals surface area contributed by atoms with Crippen LogP contribution in [0.4, 0.5) is 17.6 Å². The third-order valence-corrected chi connectivity index (χ3v) is 3.17. The van der Waals surface area contributed by atoms with Gasteiger partial charge in [-0.3, -0.25) is 4.21 Å². The van der Waals surface area contributed by atoms with Crippen LogP contribution in [0.15, 0.2) is 4.90 Å². The summed E-state index contributed by atoms with van der Waals surface area (Å²) in [7, 11) is -2.14. The number of hydrogen-bond acceptors (Lipinski definition) is 2.